The van der Waals surface area contributed by atoms with Crippen molar-refractivity contribution in [3.63, 3.8) is 0 Å². The van der Waals surface area contributed by atoms with Gasteiger partial charge in [0.15, 0.2) is 0 Å². The van der Waals surface area contributed by atoms with Crippen LogP contribution in [-0.4, -0.2) is 40.5 Å². The lowest BCUT2D eigenvalue weighted by Crippen LogP contribution is -2.36. The summed E-state index contributed by atoms with van der Waals surface area (Å²) in [5.41, 5.74) is 0. The van der Waals surface area contributed by atoms with Gasteiger partial charge in [0, 0.05) is 18.2 Å². The van der Waals surface area contributed by atoms with Crippen molar-refractivity contribution >= 4 is 11.8 Å². The zero-order valence-corrected chi connectivity index (χ0v) is 12.2. The number of nitrogens with zero attached hydrogens (tertiary/aromatic N) is 3. The highest BCUT2D eigenvalue weighted by atomic mass is 32.2. The second-order valence-corrected chi connectivity index (χ2v) is 6.03. The van der Waals surface area contributed by atoms with E-state index >= 15 is 0 Å². The molecular weight excluding hydrogens is 246 g/mol. The van der Waals surface area contributed by atoms with Gasteiger partial charge in [0.2, 0.25) is 5.89 Å². The Bertz CT molecular complexity index is 356. The molecule has 0 spiro atoms. The maximum Gasteiger partial charge on any atom is 0.276 e. The maximum atomic E-state index is 5.57. The second kappa shape index (κ2) is 7.14. The van der Waals surface area contributed by atoms with Crippen molar-refractivity contribution in [2.75, 3.05) is 19.3 Å². The van der Waals surface area contributed by atoms with E-state index in [0.717, 1.165) is 35.7 Å². The van der Waals surface area contributed by atoms with Gasteiger partial charge in [0.1, 0.15) is 0 Å². The molecular formula is C13H23N3OS. The summed E-state index contributed by atoms with van der Waals surface area (Å²) in [4.78, 5) is 2.49. The van der Waals surface area contributed by atoms with Crippen LogP contribution < -0.4 is 0 Å². The Labute approximate surface area is 114 Å². The van der Waals surface area contributed by atoms with Crippen molar-refractivity contribution in [1.82, 2.24) is 15.1 Å². The first kappa shape index (κ1) is 13.9. The molecule has 0 aromatic carbocycles. The van der Waals surface area contributed by atoms with Crippen LogP contribution in [0.2, 0.25) is 0 Å². The zero-order valence-electron chi connectivity index (χ0n) is 11.4. The molecule has 1 aromatic rings. The first-order valence-corrected chi connectivity index (χ1v) is 7.93. The predicted octanol–water partition coefficient (Wildman–Crippen LogP) is 2.99. The van der Waals surface area contributed by atoms with Crippen molar-refractivity contribution in [3.05, 3.63) is 5.89 Å². The Morgan fingerprint density at radius 3 is 3.06 bits per heavy atom. The van der Waals surface area contributed by atoms with E-state index in [0.29, 0.717) is 0 Å². The van der Waals surface area contributed by atoms with Crippen molar-refractivity contribution in [1.29, 1.82) is 0 Å². The van der Waals surface area contributed by atoms with Gasteiger partial charge in [-0.15, -0.1) is 10.2 Å². The highest BCUT2D eigenvalue weighted by Gasteiger charge is 2.18. The molecule has 0 unspecified atom stereocenters. The number of likely N-dealkylation sites (tertiary alicyclic amines) is 1. The molecule has 1 aromatic heterocycles. The molecule has 0 aliphatic carbocycles. The first-order chi connectivity index (χ1) is 8.79. The number of rotatable bonds is 6. The van der Waals surface area contributed by atoms with Crippen LogP contribution in [0, 0.1) is 0 Å². The highest BCUT2D eigenvalue weighted by Crippen LogP contribution is 2.23. The van der Waals surface area contributed by atoms with E-state index in [1.807, 2.05) is 0 Å². The van der Waals surface area contributed by atoms with Gasteiger partial charge in [-0.3, -0.25) is 0 Å². The lowest BCUT2D eigenvalue weighted by molar-refractivity contribution is 0.182. The predicted molar refractivity (Wildman–Crippen MR) is 73.9 cm³/mol. The molecule has 2 heterocycles. The highest BCUT2D eigenvalue weighted by molar-refractivity contribution is 7.99. The number of thioether (sulfide) groups is 1. The Balaban J connectivity index is 1.70. The molecule has 0 N–H and O–H groups in total. The average Bonchev–Trinajstić information content (AvgIpc) is 2.80. The largest absolute Gasteiger partial charge is 0.416 e. The van der Waals surface area contributed by atoms with Gasteiger partial charge >= 0.3 is 0 Å². The van der Waals surface area contributed by atoms with Crippen molar-refractivity contribution in [2.45, 2.75) is 56.7 Å². The minimum atomic E-state index is 0.733. The number of hydrogen-bond acceptors (Lipinski definition) is 5. The molecule has 1 saturated heterocycles. The fourth-order valence-corrected chi connectivity index (χ4v) is 3.22. The minimum Gasteiger partial charge on any atom is -0.416 e. The second-order valence-electron chi connectivity index (χ2n) is 4.98. The molecule has 102 valence electrons. The van der Waals surface area contributed by atoms with E-state index in [-0.39, 0.29) is 0 Å². The number of aryl methyl sites for hydroxylation is 1. The Morgan fingerprint density at radius 1 is 1.39 bits per heavy atom. The molecule has 0 saturated carbocycles. The van der Waals surface area contributed by atoms with Gasteiger partial charge in [-0.1, -0.05) is 25.1 Å². The van der Waals surface area contributed by atoms with Gasteiger partial charge in [-0.25, -0.2) is 0 Å². The molecule has 2 rings (SSSR count). The lowest BCUT2D eigenvalue weighted by Gasteiger charge is -2.32. The van der Waals surface area contributed by atoms with Crippen LogP contribution in [0.5, 0.6) is 0 Å². The summed E-state index contributed by atoms with van der Waals surface area (Å²) < 4.78 is 5.57. The molecule has 1 fully saturated rings. The Kier molecular flexibility index (Phi) is 5.50. The Hall–Kier alpha value is -0.550. The lowest BCUT2D eigenvalue weighted by atomic mass is 10.0. The quantitative estimate of drug-likeness (QED) is 0.743. The summed E-state index contributed by atoms with van der Waals surface area (Å²) in [6.07, 6.45) is 7.22. The van der Waals surface area contributed by atoms with Crippen LogP contribution in [0.1, 0.15) is 44.9 Å². The van der Waals surface area contributed by atoms with Gasteiger partial charge in [-0.2, -0.15) is 0 Å². The van der Waals surface area contributed by atoms with Gasteiger partial charge in [0.25, 0.3) is 5.22 Å². The van der Waals surface area contributed by atoms with Crippen molar-refractivity contribution in [2.24, 2.45) is 0 Å². The fraction of sp³-hybridized carbons (Fsp3) is 0.846. The topological polar surface area (TPSA) is 42.2 Å². The van der Waals surface area contributed by atoms with Crippen LogP contribution in [-0.2, 0) is 6.42 Å². The third kappa shape index (κ3) is 3.99. The molecule has 1 atom stereocenters. The van der Waals surface area contributed by atoms with Gasteiger partial charge in [0.05, 0.1) is 0 Å². The van der Waals surface area contributed by atoms with E-state index < -0.39 is 0 Å². The summed E-state index contributed by atoms with van der Waals surface area (Å²) in [5, 5.41) is 8.84. The molecule has 0 bridgehead atoms. The molecule has 1 aliphatic rings. The minimum absolute atomic E-state index is 0.733. The van der Waals surface area contributed by atoms with Crippen LogP contribution in [0.15, 0.2) is 9.64 Å². The summed E-state index contributed by atoms with van der Waals surface area (Å²) in [5.74, 6) is 1.85. The van der Waals surface area contributed by atoms with E-state index in [9.17, 15) is 0 Å². The third-order valence-electron chi connectivity index (χ3n) is 3.51. The van der Waals surface area contributed by atoms with Crippen molar-refractivity contribution < 1.29 is 4.42 Å². The standard InChI is InChI=1S/C13H23N3OS/c1-3-6-12-14-15-13(17-12)18-10-8-11-7-4-5-9-16(11)2/h11H,3-10H2,1-2H3/t11-/m1/s1. The Morgan fingerprint density at radius 2 is 2.28 bits per heavy atom. The van der Waals surface area contributed by atoms with E-state index in [4.69, 9.17) is 4.42 Å². The summed E-state index contributed by atoms with van der Waals surface area (Å²) >= 11 is 1.70. The molecule has 1 aliphatic heterocycles. The van der Waals surface area contributed by atoms with Crippen LogP contribution in [0.4, 0.5) is 0 Å². The third-order valence-corrected chi connectivity index (χ3v) is 4.36. The SMILES string of the molecule is CCCc1nnc(SCC[C@H]2CCCCN2C)o1. The van der Waals surface area contributed by atoms with Crippen LogP contribution in [0.25, 0.3) is 0 Å². The first-order valence-electron chi connectivity index (χ1n) is 6.95. The normalized spacial score (nSPS) is 21.3. The molecule has 0 amide bonds. The smallest absolute Gasteiger partial charge is 0.276 e. The van der Waals surface area contributed by atoms with E-state index in [1.165, 1.54) is 32.2 Å². The van der Waals surface area contributed by atoms with Gasteiger partial charge in [-0.05, 0) is 39.3 Å². The van der Waals surface area contributed by atoms with Crippen LogP contribution >= 0.6 is 11.8 Å². The zero-order chi connectivity index (χ0) is 12.8. The summed E-state index contributed by atoms with van der Waals surface area (Å²) in [6.45, 7) is 3.37. The summed E-state index contributed by atoms with van der Waals surface area (Å²) in [6, 6.07) is 0.740. The van der Waals surface area contributed by atoms with Crippen LogP contribution in [0.3, 0.4) is 0 Å². The van der Waals surface area contributed by atoms with E-state index in [2.05, 4.69) is 29.1 Å². The average molecular weight is 269 g/mol. The van der Waals surface area contributed by atoms with Crippen molar-refractivity contribution in [3.8, 4) is 0 Å². The van der Waals surface area contributed by atoms with E-state index in [1.54, 1.807) is 11.8 Å². The maximum absolute atomic E-state index is 5.57. The molecule has 0 radical (unpaired) electrons. The summed E-state index contributed by atoms with van der Waals surface area (Å²) in [7, 11) is 2.24. The molecule has 18 heavy (non-hydrogen) atoms. The van der Waals surface area contributed by atoms with Gasteiger partial charge < -0.3 is 9.32 Å². The monoisotopic (exact) mass is 269 g/mol. The fourth-order valence-electron chi connectivity index (χ4n) is 2.40. The number of aromatic nitrogens is 2. The molecule has 5 heteroatoms. The number of hydrogen-bond donors (Lipinski definition) is 0. The number of piperidine rings is 1. The molecule has 4 nitrogen and oxygen atoms in total.